The van der Waals surface area contributed by atoms with E-state index in [1.54, 1.807) is 11.3 Å². The maximum atomic E-state index is 5.43. The molecule has 0 saturated heterocycles. The van der Waals surface area contributed by atoms with Crippen molar-refractivity contribution >= 4 is 11.3 Å². The number of nitrogens with two attached hydrogens (primary N) is 1. The van der Waals surface area contributed by atoms with Gasteiger partial charge in [0, 0.05) is 13.1 Å². The maximum absolute atomic E-state index is 5.43. The second-order valence-corrected chi connectivity index (χ2v) is 4.18. The number of aryl methyl sites for hydroxylation is 1. The van der Waals surface area contributed by atoms with Gasteiger partial charge in [0.25, 0.3) is 0 Å². The van der Waals surface area contributed by atoms with Crippen LogP contribution in [0.5, 0.6) is 0 Å². The third-order valence-electron chi connectivity index (χ3n) is 1.92. The normalized spacial score (nSPS) is 10.0. The van der Waals surface area contributed by atoms with E-state index in [1.165, 1.54) is 10.4 Å². The fraction of sp³-hybridized carbons (Fsp3) is 0.455. The average molecular weight is 208 g/mol. The Labute approximate surface area is 89.7 Å². The fourth-order valence-corrected chi connectivity index (χ4v) is 1.85. The summed E-state index contributed by atoms with van der Waals surface area (Å²) in [6, 6.07) is 2.10. The molecule has 0 aliphatic carbocycles. The van der Waals surface area contributed by atoms with Gasteiger partial charge in [-0.05, 0) is 31.0 Å². The van der Waals surface area contributed by atoms with Crippen LogP contribution in [0.2, 0.25) is 0 Å². The molecule has 1 rings (SSSR count). The van der Waals surface area contributed by atoms with Crippen molar-refractivity contribution in [2.45, 2.75) is 6.92 Å². The van der Waals surface area contributed by atoms with Crippen molar-refractivity contribution in [3.8, 4) is 11.8 Å². The molecule has 2 nitrogen and oxygen atoms in total. The van der Waals surface area contributed by atoms with Crippen LogP contribution in [0.1, 0.15) is 10.4 Å². The summed E-state index contributed by atoms with van der Waals surface area (Å²) in [6.45, 7) is 4.47. The van der Waals surface area contributed by atoms with Gasteiger partial charge in [-0.2, -0.15) is 0 Å². The number of hydrogen-bond donors (Lipinski definition) is 1. The molecule has 0 aromatic carbocycles. The molecule has 0 atom stereocenters. The van der Waals surface area contributed by atoms with E-state index < -0.39 is 0 Å². The van der Waals surface area contributed by atoms with Gasteiger partial charge in [0.05, 0.1) is 11.4 Å². The van der Waals surface area contributed by atoms with Gasteiger partial charge >= 0.3 is 0 Å². The minimum atomic E-state index is 0.691. The Hall–Kier alpha value is -0.820. The van der Waals surface area contributed by atoms with Crippen LogP contribution in [0.15, 0.2) is 11.4 Å². The molecule has 0 radical (unpaired) electrons. The number of likely N-dealkylation sites (N-methyl/N-ethyl adjacent to an activating group) is 1. The Balaban J connectivity index is 2.45. The van der Waals surface area contributed by atoms with Crippen molar-refractivity contribution in [3.63, 3.8) is 0 Å². The van der Waals surface area contributed by atoms with E-state index in [1.807, 2.05) is 7.05 Å². The van der Waals surface area contributed by atoms with Crippen molar-refractivity contribution in [2.24, 2.45) is 5.73 Å². The molecule has 3 heteroatoms. The van der Waals surface area contributed by atoms with Crippen molar-refractivity contribution < 1.29 is 0 Å². The Kier molecular flexibility index (Phi) is 4.68. The summed E-state index contributed by atoms with van der Waals surface area (Å²) in [5.74, 6) is 6.31. The van der Waals surface area contributed by atoms with Crippen molar-refractivity contribution in [2.75, 3.05) is 26.7 Å². The van der Waals surface area contributed by atoms with Crippen molar-refractivity contribution in [1.82, 2.24) is 4.90 Å². The first kappa shape index (κ1) is 11.3. The van der Waals surface area contributed by atoms with Gasteiger partial charge in [-0.25, -0.2) is 0 Å². The van der Waals surface area contributed by atoms with Gasteiger partial charge < -0.3 is 5.73 Å². The fourth-order valence-electron chi connectivity index (χ4n) is 1.06. The quantitative estimate of drug-likeness (QED) is 0.759. The lowest BCUT2D eigenvalue weighted by molar-refractivity contribution is 0.386. The number of rotatable bonds is 3. The molecule has 0 spiro atoms. The third-order valence-corrected chi connectivity index (χ3v) is 2.86. The minimum absolute atomic E-state index is 0.691. The van der Waals surface area contributed by atoms with Gasteiger partial charge in [0.2, 0.25) is 0 Å². The zero-order chi connectivity index (χ0) is 10.4. The topological polar surface area (TPSA) is 29.3 Å². The second-order valence-electron chi connectivity index (χ2n) is 3.26. The minimum Gasteiger partial charge on any atom is -0.329 e. The van der Waals surface area contributed by atoms with E-state index in [4.69, 9.17) is 5.73 Å². The molecule has 14 heavy (non-hydrogen) atoms. The van der Waals surface area contributed by atoms with E-state index >= 15 is 0 Å². The molecule has 1 aromatic heterocycles. The first-order chi connectivity index (χ1) is 6.74. The summed E-state index contributed by atoms with van der Waals surface area (Å²) in [6.07, 6.45) is 0. The zero-order valence-electron chi connectivity index (χ0n) is 8.71. The lowest BCUT2D eigenvalue weighted by atomic mass is 10.3. The molecule has 1 aromatic rings. The summed E-state index contributed by atoms with van der Waals surface area (Å²) in [5, 5.41) is 2.07. The van der Waals surface area contributed by atoms with Crippen LogP contribution >= 0.6 is 11.3 Å². The lowest BCUT2D eigenvalue weighted by Gasteiger charge is -2.09. The van der Waals surface area contributed by atoms with Gasteiger partial charge in [-0.3, -0.25) is 4.90 Å². The molecular weight excluding hydrogens is 192 g/mol. The first-order valence-electron chi connectivity index (χ1n) is 4.65. The number of thiophene rings is 1. The van der Waals surface area contributed by atoms with Crippen LogP contribution in [0.4, 0.5) is 0 Å². The first-order valence-corrected chi connectivity index (χ1v) is 5.53. The van der Waals surface area contributed by atoms with Crippen LogP contribution in [0.25, 0.3) is 0 Å². The third kappa shape index (κ3) is 3.51. The molecular formula is C11H16N2S. The van der Waals surface area contributed by atoms with E-state index in [-0.39, 0.29) is 0 Å². The summed E-state index contributed by atoms with van der Waals surface area (Å²) in [4.78, 5) is 3.29. The van der Waals surface area contributed by atoms with Crippen LogP contribution in [-0.4, -0.2) is 31.6 Å². The molecule has 0 aliphatic heterocycles. The highest BCUT2D eigenvalue weighted by Crippen LogP contribution is 2.13. The molecule has 0 fully saturated rings. The van der Waals surface area contributed by atoms with E-state index in [0.29, 0.717) is 6.54 Å². The average Bonchev–Trinajstić information content (AvgIpc) is 2.52. The monoisotopic (exact) mass is 208 g/mol. The van der Waals surface area contributed by atoms with Gasteiger partial charge in [-0.1, -0.05) is 11.8 Å². The van der Waals surface area contributed by atoms with E-state index in [2.05, 4.69) is 35.1 Å². The highest BCUT2D eigenvalue weighted by Gasteiger charge is 1.94. The van der Waals surface area contributed by atoms with Crippen LogP contribution in [-0.2, 0) is 0 Å². The Bertz CT molecular complexity index is 333. The smallest absolute Gasteiger partial charge is 0.0797 e. The van der Waals surface area contributed by atoms with Gasteiger partial charge in [-0.15, -0.1) is 11.3 Å². The Morgan fingerprint density at radius 3 is 2.93 bits per heavy atom. The summed E-state index contributed by atoms with van der Waals surface area (Å²) in [7, 11) is 2.03. The molecule has 1 heterocycles. The lowest BCUT2D eigenvalue weighted by Crippen LogP contribution is -2.25. The predicted molar refractivity (Wildman–Crippen MR) is 62.5 cm³/mol. The van der Waals surface area contributed by atoms with E-state index in [9.17, 15) is 0 Å². The van der Waals surface area contributed by atoms with Crippen molar-refractivity contribution in [3.05, 3.63) is 21.9 Å². The largest absolute Gasteiger partial charge is 0.329 e. The maximum Gasteiger partial charge on any atom is 0.0797 e. The highest BCUT2D eigenvalue weighted by molar-refractivity contribution is 7.10. The molecule has 0 bridgehead atoms. The summed E-state index contributed by atoms with van der Waals surface area (Å²) < 4.78 is 0. The molecule has 0 amide bonds. The number of nitrogens with zero attached hydrogens (tertiary/aromatic N) is 1. The highest BCUT2D eigenvalue weighted by atomic mass is 32.1. The molecule has 2 N–H and O–H groups in total. The number of hydrogen-bond acceptors (Lipinski definition) is 3. The van der Waals surface area contributed by atoms with Crippen molar-refractivity contribution in [1.29, 1.82) is 0 Å². The molecule has 0 unspecified atom stereocenters. The summed E-state index contributed by atoms with van der Waals surface area (Å²) >= 11 is 1.70. The van der Waals surface area contributed by atoms with Gasteiger partial charge in [0.1, 0.15) is 0 Å². The van der Waals surface area contributed by atoms with Crippen LogP contribution in [0.3, 0.4) is 0 Å². The van der Waals surface area contributed by atoms with E-state index in [0.717, 1.165) is 13.1 Å². The Morgan fingerprint density at radius 1 is 1.57 bits per heavy atom. The van der Waals surface area contributed by atoms with Crippen LogP contribution in [0, 0.1) is 18.8 Å². The predicted octanol–water partition coefficient (Wildman–Crippen LogP) is 1.30. The van der Waals surface area contributed by atoms with Gasteiger partial charge in [0.15, 0.2) is 0 Å². The van der Waals surface area contributed by atoms with Crippen LogP contribution < -0.4 is 5.73 Å². The summed E-state index contributed by atoms with van der Waals surface area (Å²) in [5.41, 5.74) is 6.70. The zero-order valence-corrected chi connectivity index (χ0v) is 9.53. The molecule has 0 aliphatic rings. The SMILES string of the molecule is Cc1ccsc1C#CCN(C)CCN. The Morgan fingerprint density at radius 2 is 2.36 bits per heavy atom. The molecule has 76 valence electrons. The molecule has 0 saturated carbocycles. The standard InChI is InChI=1S/C11H16N2S/c1-10-5-9-14-11(10)4-3-7-13(2)8-6-12/h5,9H,6-8,12H2,1-2H3. The second kappa shape index (κ2) is 5.82.